The second-order valence-electron chi connectivity index (χ2n) is 10.1. The quantitative estimate of drug-likeness (QED) is 0.258. The summed E-state index contributed by atoms with van der Waals surface area (Å²) in [6, 6.07) is 23.2. The van der Waals surface area contributed by atoms with E-state index in [1.807, 2.05) is 91.7 Å². The van der Waals surface area contributed by atoms with Gasteiger partial charge in [-0.15, -0.1) is 0 Å². The third kappa shape index (κ3) is 7.83. The van der Waals surface area contributed by atoms with Crippen molar-refractivity contribution in [1.82, 2.24) is 10.2 Å². The van der Waals surface area contributed by atoms with E-state index in [9.17, 15) is 14.7 Å². The predicted octanol–water partition coefficient (Wildman–Crippen LogP) is 5.98. The number of rotatable bonds is 13. The molecule has 4 rings (SSSR count). The number of carboxylic acids is 1. The topological polar surface area (TPSA) is 78.9 Å². The van der Waals surface area contributed by atoms with E-state index in [4.69, 9.17) is 4.74 Å². The molecule has 1 heterocycles. The van der Waals surface area contributed by atoms with Gasteiger partial charge in [0, 0.05) is 29.9 Å². The fraction of sp³-hybridized carbons (Fsp3) is 0.375. The Balaban J connectivity index is 1.59. The van der Waals surface area contributed by atoms with Gasteiger partial charge in [-0.1, -0.05) is 48.5 Å². The number of para-hydroxylation sites is 1. The molecule has 0 spiro atoms. The summed E-state index contributed by atoms with van der Waals surface area (Å²) in [6.45, 7) is 4.37. The number of hydrogen-bond acceptors (Lipinski definition) is 6. The zero-order valence-corrected chi connectivity index (χ0v) is 25.0. The molecule has 0 aromatic heterocycles. The Labute approximate surface area is 245 Å². The van der Waals surface area contributed by atoms with Gasteiger partial charge < -0.3 is 15.2 Å². The molecule has 1 aliphatic heterocycles. The smallest absolute Gasteiger partial charge is 0.326 e. The number of aliphatic carboxylic acids is 1. The maximum atomic E-state index is 13.4. The van der Waals surface area contributed by atoms with Crippen molar-refractivity contribution in [2.75, 3.05) is 31.4 Å². The first-order valence-corrected chi connectivity index (χ1v) is 16.2. The van der Waals surface area contributed by atoms with Gasteiger partial charge in [0.25, 0.3) is 5.91 Å². The van der Waals surface area contributed by atoms with Crippen molar-refractivity contribution in [1.29, 1.82) is 0 Å². The minimum Gasteiger partial charge on any atom is -0.492 e. The monoisotopic (exact) mass is 578 g/mol. The lowest BCUT2D eigenvalue weighted by molar-refractivity contribution is -0.139. The molecule has 0 bridgehead atoms. The molecule has 1 amide bonds. The number of amides is 1. The lowest BCUT2D eigenvalue weighted by atomic mass is 9.93. The van der Waals surface area contributed by atoms with Crippen LogP contribution in [0, 0.1) is 6.92 Å². The third-order valence-corrected chi connectivity index (χ3v) is 9.02. The Morgan fingerprint density at radius 3 is 2.50 bits per heavy atom. The highest BCUT2D eigenvalue weighted by Gasteiger charge is 2.32. The summed E-state index contributed by atoms with van der Waals surface area (Å²) >= 11 is 3.46. The minimum atomic E-state index is -1.02. The SMILES string of the molecule is CSCCC(NC(=O)c1ccc(CN2CC(SC)C[C@H]2COc2ccccc2)cc1-c1ccccc1C)C(=O)O. The van der Waals surface area contributed by atoms with Gasteiger partial charge in [0.05, 0.1) is 0 Å². The lowest BCUT2D eigenvalue weighted by Crippen LogP contribution is -2.41. The van der Waals surface area contributed by atoms with Crippen LogP contribution in [0.5, 0.6) is 5.75 Å². The summed E-state index contributed by atoms with van der Waals surface area (Å²) in [5, 5.41) is 13.0. The van der Waals surface area contributed by atoms with Crippen LogP contribution in [-0.4, -0.2) is 70.6 Å². The number of carboxylic acid groups (broad SMARTS) is 1. The lowest BCUT2D eigenvalue weighted by Gasteiger charge is -2.25. The standard InChI is InChI=1S/C32H38N2O4S2/c1-22-9-7-8-12-27(22)29-17-23(13-14-28(29)31(35)33-30(32(36)37)15-16-39-2)19-34-20-26(40-3)18-24(34)21-38-25-10-5-4-6-11-25/h4-14,17,24,26,30H,15-16,18-21H2,1-3H3,(H,33,35)(H,36,37)/t24-,26?,30?/m0/s1. The summed E-state index contributed by atoms with van der Waals surface area (Å²) in [5.41, 5.74) is 4.44. The van der Waals surface area contributed by atoms with Crippen molar-refractivity contribution >= 4 is 35.4 Å². The number of nitrogens with zero attached hydrogens (tertiary/aromatic N) is 1. The van der Waals surface area contributed by atoms with Crippen molar-refractivity contribution in [2.24, 2.45) is 0 Å². The molecule has 40 heavy (non-hydrogen) atoms. The van der Waals surface area contributed by atoms with Crippen molar-refractivity contribution in [3.8, 4) is 16.9 Å². The first-order chi connectivity index (χ1) is 19.4. The van der Waals surface area contributed by atoms with Crippen LogP contribution in [0.25, 0.3) is 11.1 Å². The summed E-state index contributed by atoms with van der Waals surface area (Å²) in [5.74, 6) is 0.154. The number of carbonyl (C=O) groups excluding carboxylic acids is 1. The fourth-order valence-electron chi connectivity index (χ4n) is 5.13. The Morgan fingerprint density at radius 2 is 1.80 bits per heavy atom. The van der Waals surface area contributed by atoms with Crippen LogP contribution in [0.2, 0.25) is 0 Å². The van der Waals surface area contributed by atoms with Crippen LogP contribution in [0.1, 0.15) is 34.3 Å². The van der Waals surface area contributed by atoms with Crippen LogP contribution in [0.3, 0.4) is 0 Å². The van der Waals surface area contributed by atoms with Gasteiger partial charge in [-0.3, -0.25) is 9.69 Å². The summed E-state index contributed by atoms with van der Waals surface area (Å²) in [4.78, 5) is 27.7. The highest BCUT2D eigenvalue weighted by molar-refractivity contribution is 7.99. The molecule has 2 unspecified atom stereocenters. The van der Waals surface area contributed by atoms with Gasteiger partial charge in [0.2, 0.25) is 0 Å². The normalized spacial score (nSPS) is 17.9. The number of hydrogen-bond donors (Lipinski definition) is 2. The summed E-state index contributed by atoms with van der Waals surface area (Å²) < 4.78 is 6.14. The van der Waals surface area contributed by atoms with E-state index in [2.05, 4.69) is 22.5 Å². The van der Waals surface area contributed by atoms with Crippen LogP contribution >= 0.6 is 23.5 Å². The number of aryl methyl sites for hydroxylation is 1. The number of ether oxygens (including phenoxy) is 1. The Hall–Kier alpha value is -2.94. The van der Waals surface area contributed by atoms with E-state index in [0.717, 1.165) is 47.5 Å². The zero-order chi connectivity index (χ0) is 28.5. The maximum absolute atomic E-state index is 13.4. The van der Waals surface area contributed by atoms with Gasteiger partial charge in [0.15, 0.2) is 0 Å². The molecule has 3 atom stereocenters. The van der Waals surface area contributed by atoms with Crippen molar-refractivity contribution < 1.29 is 19.4 Å². The molecule has 0 saturated carbocycles. The first kappa shape index (κ1) is 30.0. The number of benzene rings is 3. The number of nitrogens with one attached hydrogen (secondary N) is 1. The van der Waals surface area contributed by atoms with Crippen LogP contribution in [0.15, 0.2) is 72.8 Å². The van der Waals surface area contributed by atoms with E-state index < -0.39 is 12.0 Å². The van der Waals surface area contributed by atoms with Gasteiger partial charge in [-0.25, -0.2) is 4.79 Å². The third-order valence-electron chi connectivity index (χ3n) is 7.37. The van der Waals surface area contributed by atoms with Gasteiger partial charge in [-0.05, 0) is 84.5 Å². The average molecular weight is 579 g/mol. The molecule has 212 valence electrons. The summed E-state index contributed by atoms with van der Waals surface area (Å²) in [7, 11) is 0. The number of thioether (sulfide) groups is 2. The molecule has 1 saturated heterocycles. The van der Waals surface area contributed by atoms with Gasteiger partial charge in [0.1, 0.15) is 18.4 Å². The van der Waals surface area contributed by atoms with Crippen LogP contribution in [0.4, 0.5) is 0 Å². The van der Waals surface area contributed by atoms with E-state index in [0.29, 0.717) is 29.6 Å². The molecule has 0 radical (unpaired) electrons. The van der Waals surface area contributed by atoms with E-state index in [1.165, 1.54) is 0 Å². The molecular formula is C32H38N2O4S2. The highest BCUT2D eigenvalue weighted by Crippen LogP contribution is 2.32. The molecule has 3 aromatic rings. The largest absolute Gasteiger partial charge is 0.492 e. The zero-order valence-electron chi connectivity index (χ0n) is 23.3. The van der Waals surface area contributed by atoms with E-state index in [-0.39, 0.29) is 11.9 Å². The fourth-order valence-corrected chi connectivity index (χ4v) is 6.36. The highest BCUT2D eigenvalue weighted by atomic mass is 32.2. The second kappa shape index (κ2) is 14.6. The van der Waals surface area contributed by atoms with Gasteiger partial charge in [-0.2, -0.15) is 23.5 Å². The Kier molecular flexibility index (Phi) is 11.0. The molecule has 1 fully saturated rings. The molecule has 8 heteroatoms. The van der Waals surface area contributed by atoms with Crippen LogP contribution in [-0.2, 0) is 11.3 Å². The first-order valence-electron chi connectivity index (χ1n) is 13.6. The molecule has 2 N–H and O–H groups in total. The Bertz CT molecular complexity index is 1290. The predicted molar refractivity (Wildman–Crippen MR) is 167 cm³/mol. The number of likely N-dealkylation sites (tertiary alicyclic amines) is 1. The van der Waals surface area contributed by atoms with E-state index in [1.54, 1.807) is 11.8 Å². The minimum absolute atomic E-state index is 0.287. The molecule has 6 nitrogen and oxygen atoms in total. The molecule has 3 aromatic carbocycles. The van der Waals surface area contributed by atoms with Crippen LogP contribution < -0.4 is 10.1 Å². The molecular weight excluding hydrogens is 540 g/mol. The number of carbonyl (C=O) groups is 2. The second-order valence-corrected chi connectivity index (χ2v) is 12.3. The van der Waals surface area contributed by atoms with Gasteiger partial charge >= 0.3 is 5.97 Å². The van der Waals surface area contributed by atoms with Crippen molar-refractivity contribution in [3.63, 3.8) is 0 Å². The van der Waals surface area contributed by atoms with Crippen molar-refractivity contribution in [3.05, 3.63) is 89.5 Å². The van der Waals surface area contributed by atoms with E-state index >= 15 is 0 Å². The molecule has 0 aliphatic carbocycles. The summed E-state index contributed by atoms with van der Waals surface area (Å²) in [6.07, 6.45) is 5.52. The average Bonchev–Trinajstić information content (AvgIpc) is 3.36. The molecule has 1 aliphatic rings. The van der Waals surface area contributed by atoms with Crippen molar-refractivity contribution in [2.45, 2.75) is 43.6 Å². The maximum Gasteiger partial charge on any atom is 0.326 e. The Morgan fingerprint density at radius 1 is 1.05 bits per heavy atom.